The topological polar surface area (TPSA) is 119 Å². The van der Waals surface area contributed by atoms with Crippen LogP contribution >= 0.6 is 0 Å². The largest absolute Gasteiger partial charge is 0.495 e. The van der Waals surface area contributed by atoms with Gasteiger partial charge in [0.05, 0.1) is 24.2 Å². The summed E-state index contributed by atoms with van der Waals surface area (Å²) in [4.78, 5) is 24.9. The van der Waals surface area contributed by atoms with Crippen molar-refractivity contribution in [3.8, 4) is 5.75 Å². The Labute approximate surface area is 202 Å². The lowest BCUT2D eigenvalue weighted by Crippen LogP contribution is -2.26. The Balaban J connectivity index is 1.53. The minimum Gasteiger partial charge on any atom is -0.495 e. The summed E-state index contributed by atoms with van der Waals surface area (Å²) >= 11 is 0. The van der Waals surface area contributed by atoms with Crippen molar-refractivity contribution in [2.75, 3.05) is 17.1 Å². The second kappa shape index (κ2) is 10.2. The first-order valence-electron chi connectivity index (χ1n) is 10.5. The zero-order chi connectivity index (χ0) is 24.8. The molecule has 4 aromatic rings. The lowest BCUT2D eigenvalue weighted by Gasteiger charge is -2.13. The molecule has 1 heterocycles. The molecule has 4 rings (SSSR count). The number of methoxy groups -OCH3 is 1. The Bertz CT molecular complexity index is 1520. The molecule has 0 unspecified atom stereocenters. The van der Waals surface area contributed by atoms with Crippen molar-refractivity contribution in [1.29, 1.82) is 0 Å². The Kier molecular flexibility index (Phi) is 6.93. The van der Waals surface area contributed by atoms with Crippen LogP contribution in [0.4, 0.5) is 11.4 Å². The number of nitrogens with zero attached hydrogens (tertiary/aromatic N) is 2. The summed E-state index contributed by atoms with van der Waals surface area (Å²) in [5.74, 6) is -0.212. The van der Waals surface area contributed by atoms with Crippen LogP contribution in [0.5, 0.6) is 5.75 Å². The molecule has 178 valence electrons. The third-order valence-corrected chi connectivity index (χ3v) is 6.39. The average molecular weight is 491 g/mol. The third kappa shape index (κ3) is 5.74. The first-order valence-corrected chi connectivity index (χ1v) is 12.0. The van der Waals surface area contributed by atoms with Crippen LogP contribution in [0.1, 0.15) is 16.1 Å². The molecule has 1 aromatic heterocycles. The highest BCUT2D eigenvalue weighted by Crippen LogP contribution is 2.27. The number of hydrogen-bond acceptors (Lipinski definition) is 6. The minimum atomic E-state index is -3.96. The summed E-state index contributed by atoms with van der Waals surface area (Å²) in [5, 5.41) is 6.79. The van der Waals surface area contributed by atoms with E-state index in [0.29, 0.717) is 5.75 Å². The van der Waals surface area contributed by atoms with Gasteiger partial charge in [0, 0.05) is 11.8 Å². The molecule has 0 atom stereocenters. The fourth-order valence-electron chi connectivity index (χ4n) is 3.31. The van der Waals surface area contributed by atoms with Crippen molar-refractivity contribution in [3.63, 3.8) is 0 Å². The first kappa shape index (κ1) is 23.7. The van der Waals surface area contributed by atoms with Crippen molar-refractivity contribution in [3.05, 3.63) is 113 Å². The molecule has 9 nitrogen and oxygen atoms in total. The molecule has 0 radical (unpaired) electrons. The quantitative estimate of drug-likeness (QED) is 0.391. The van der Waals surface area contributed by atoms with Gasteiger partial charge in [-0.1, -0.05) is 48.5 Å². The number of hydrogen-bond donors (Lipinski definition) is 2. The van der Waals surface area contributed by atoms with E-state index in [4.69, 9.17) is 4.74 Å². The van der Waals surface area contributed by atoms with E-state index in [0.717, 1.165) is 5.56 Å². The van der Waals surface area contributed by atoms with Gasteiger partial charge in [0.25, 0.3) is 21.5 Å². The number of para-hydroxylation sites is 2. The summed E-state index contributed by atoms with van der Waals surface area (Å²) in [6.07, 6.45) is 0. The van der Waals surface area contributed by atoms with Gasteiger partial charge >= 0.3 is 0 Å². The predicted octanol–water partition coefficient (Wildman–Crippen LogP) is 3.35. The molecular weight excluding hydrogens is 468 g/mol. The fraction of sp³-hybridized carbons (Fsp3) is 0.0800. The molecule has 35 heavy (non-hydrogen) atoms. The highest BCUT2D eigenvalue weighted by molar-refractivity contribution is 7.92. The Morgan fingerprint density at radius 2 is 1.69 bits per heavy atom. The van der Waals surface area contributed by atoms with Crippen molar-refractivity contribution in [2.24, 2.45) is 0 Å². The van der Waals surface area contributed by atoms with E-state index in [1.165, 1.54) is 42.1 Å². The van der Waals surface area contributed by atoms with E-state index in [1.54, 1.807) is 30.3 Å². The SMILES string of the molecule is COc1ccccc1NS(=O)(=O)c1cccc(NC(=O)c2ccc(=O)n(Cc3ccccc3)n2)c1. The maximum absolute atomic E-state index is 12.9. The van der Waals surface area contributed by atoms with E-state index in [2.05, 4.69) is 15.1 Å². The van der Waals surface area contributed by atoms with Crippen molar-refractivity contribution >= 4 is 27.3 Å². The Hall–Kier alpha value is -4.44. The molecule has 0 spiro atoms. The third-order valence-electron chi connectivity index (χ3n) is 5.03. The summed E-state index contributed by atoms with van der Waals surface area (Å²) in [7, 11) is -2.51. The molecule has 0 aliphatic rings. The van der Waals surface area contributed by atoms with Gasteiger partial charge in [0.2, 0.25) is 0 Å². The number of ether oxygens (including phenoxy) is 1. The van der Waals surface area contributed by atoms with Gasteiger partial charge in [-0.05, 0) is 42.0 Å². The van der Waals surface area contributed by atoms with Gasteiger partial charge in [-0.25, -0.2) is 13.1 Å². The predicted molar refractivity (Wildman–Crippen MR) is 132 cm³/mol. The van der Waals surface area contributed by atoms with Gasteiger partial charge < -0.3 is 10.1 Å². The monoisotopic (exact) mass is 490 g/mol. The highest BCUT2D eigenvalue weighted by Gasteiger charge is 2.18. The molecule has 0 bridgehead atoms. The molecular formula is C25H22N4O5S. The molecule has 0 fully saturated rings. The summed E-state index contributed by atoms with van der Waals surface area (Å²) in [5.41, 5.74) is 1.07. The first-order chi connectivity index (χ1) is 16.9. The zero-order valence-corrected chi connectivity index (χ0v) is 19.5. The summed E-state index contributed by atoms with van der Waals surface area (Å²) < 4.78 is 34.7. The number of aromatic nitrogens is 2. The van der Waals surface area contributed by atoms with Crippen LogP contribution in [0.15, 0.2) is 101 Å². The van der Waals surface area contributed by atoms with Crippen LogP contribution in [0.25, 0.3) is 0 Å². The molecule has 2 N–H and O–H groups in total. The lowest BCUT2D eigenvalue weighted by atomic mass is 10.2. The smallest absolute Gasteiger partial charge is 0.276 e. The Morgan fingerprint density at radius 1 is 0.943 bits per heavy atom. The van der Waals surface area contributed by atoms with Crippen LogP contribution in [-0.2, 0) is 16.6 Å². The molecule has 0 saturated carbocycles. The van der Waals surface area contributed by atoms with Crippen LogP contribution in [0.2, 0.25) is 0 Å². The van der Waals surface area contributed by atoms with Gasteiger partial charge in [0.1, 0.15) is 11.4 Å². The van der Waals surface area contributed by atoms with Gasteiger partial charge in [-0.2, -0.15) is 5.10 Å². The average Bonchev–Trinajstić information content (AvgIpc) is 2.86. The normalized spacial score (nSPS) is 11.0. The number of anilines is 2. The van der Waals surface area contributed by atoms with Crippen LogP contribution in [0, 0.1) is 0 Å². The maximum atomic E-state index is 12.9. The summed E-state index contributed by atoms with van der Waals surface area (Å²) in [6.45, 7) is 0.211. The number of amides is 1. The number of nitrogens with one attached hydrogen (secondary N) is 2. The van der Waals surface area contributed by atoms with E-state index in [9.17, 15) is 18.0 Å². The number of carbonyl (C=O) groups excluding carboxylic acids is 1. The van der Waals surface area contributed by atoms with Crippen LogP contribution < -0.4 is 20.3 Å². The number of carbonyl (C=O) groups is 1. The molecule has 0 aliphatic carbocycles. The van der Waals surface area contributed by atoms with Gasteiger partial charge in [-0.15, -0.1) is 0 Å². The van der Waals surface area contributed by atoms with E-state index >= 15 is 0 Å². The van der Waals surface area contributed by atoms with Crippen molar-refractivity contribution in [1.82, 2.24) is 9.78 Å². The van der Waals surface area contributed by atoms with Gasteiger partial charge in [-0.3, -0.25) is 14.3 Å². The van der Waals surface area contributed by atoms with E-state index in [-0.39, 0.29) is 34.1 Å². The number of benzene rings is 3. The second-order valence-corrected chi connectivity index (χ2v) is 9.17. The Morgan fingerprint density at radius 3 is 2.46 bits per heavy atom. The highest BCUT2D eigenvalue weighted by atomic mass is 32.2. The van der Waals surface area contributed by atoms with Crippen LogP contribution in [-0.4, -0.2) is 31.2 Å². The van der Waals surface area contributed by atoms with Gasteiger partial charge in [0.15, 0.2) is 0 Å². The minimum absolute atomic E-state index is 0.0148. The maximum Gasteiger partial charge on any atom is 0.276 e. The molecule has 10 heteroatoms. The summed E-state index contributed by atoms with van der Waals surface area (Å²) in [6, 6.07) is 24.3. The van der Waals surface area contributed by atoms with Crippen molar-refractivity contribution in [2.45, 2.75) is 11.4 Å². The fourth-order valence-corrected chi connectivity index (χ4v) is 4.42. The second-order valence-electron chi connectivity index (χ2n) is 7.49. The molecule has 0 saturated heterocycles. The molecule has 1 amide bonds. The van der Waals surface area contributed by atoms with Crippen molar-refractivity contribution < 1.29 is 17.9 Å². The molecule has 3 aromatic carbocycles. The lowest BCUT2D eigenvalue weighted by molar-refractivity contribution is 0.102. The number of rotatable bonds is 8. The number of sulfonamides is 1. The standard InChI is InChI=1S/C25H22N4O5S/c1-34-23-13-6-5-12-21(23)28-35(32,33)20-11-7-10-19(16-20)26-25(31)22-14-15-24(30)29(27-22)17-18-8-3-2-4-9-18/h2-16,28H,17H2,1H3,(H,26,31). The zero-order valence-electron chi connectivity index (χ0n) is 18.7. The van der Waals surface area contributed by atoms with Crippen LogP contribution in [0.3, 0.4) is 0 Å². The van der Waals surface area contributed by atoms with E-state index in [1.807, 2.05) is 30.3 Å². The molecule has 0 aliphatic heterocycles. The van der Waals surface area contributed by atoms with E-state index < -0.39 is 15.9 Å².